The minimum atomic E-state index is -1.08. The fourth-order valence-electron chi connectivity index (χ4n) is 0.847. The lowest BCUT2D eigenvalue weighted by Crippen LogP contribution is -2.98. The van der Waals surface area contributed by atoms with Gasteiger partial charge in [-0.05, 0) is 13.3 Å². The summed E-state index contributed by atoms with van der Waals surface area (Å²) >= 11 is 0. The molecule has 0 fully saturated rings. The van der Waals surface area contributed by atoms with Crippen molar-refractivity contribution in [3.63, 3.8) is 0 Å². The van der Waals surface area contributed by atoms with Crippen molar-refractivity contribution in [1.29, 1.82) is 0 Å². The van der Waals surface area contributed by atoms with Gasteiger partial charge in [-0.15, -0.1) is 0 Å². The van der Waals surface area contributed by atoms with E-state index < -0.39 is 5.97 Å². The maximum Gasteiger partial charge on any atom is 0.102 e. The Hall–Kier alpha value is -1.09. The van der Waals surface area contributed by atoms with Crippen molar-refractivity contribution in [1.82, 2.24) is 0 Å². The quantitative estimate of drug-likeness (QED) is 0.551. The summed E-state index contributed by atoms with van der Waals surface area (Å²) in [6, 6.07) is 0. The van der Waals surface area contributed by atoms with Crippen LogP contribution in [0.5, 0.6) is 0 Å². The summed E-state index contributed by atoms with van der Waals surface area (Å²) in [5.41, 5.74) is 1.45. The second kappa shape index (κ2) is 5.55. The van der Waals surface area contributed by atoms with Crippen LogP contribution in [0.4, 0.5) is 0 Å². The summed E-state index contributed by atoms with van der Waals surface area (Å²) in [7, 11) is 2.12. The molecule has 0 bridgehead atoms. The monoisotopic (exact) mass is 169 g/mol. The molecule has 0 saturated carbocycles. The molecule has 1 unspecified atom stereocenters. The molecule has 0 spiro atoms. The van der Waals surface area contributed by atoms with Gasteiger partial charge in [0.25, 0.3) is 0 Å². The molecule has 0 aromatic rings. The molecule has 1 aliphatic heterocycles. The number of carboxylic acids is 1. The number of allylic oxidation sites excluding steroid dienone is 2. The van der Waals surface area contributed by atoms with Gasteiger partial charge in [0.1, 0.15) is 6.20 Å². The van der Waals surface area contributed by atoms with E-state index in [9.17, 15) is 0 Å². The average molecular weight is 169 g/mol. The maximum absolute atomic E-state index is 8.89. The molecule has 0 radical (unpaired) electrons. The van der Waals surface area contributed by atoms with Gasteiger partial charge in [-0.2, -0.15) is 0 Å². The third-order valence-corrected chi connectivity index (χ3v) is 1.38. The lowest BCUT2D eigenvalue weighted by molar-refractivity contribution is -0.763. The van der Waals surface area contributed by atoms with Crippen molar-refractivity contribution in [2.45, 2.75) is 20.3 Å². The topological polar surface area (TPSA) is 44.6 Å². The molecular formula is C9H15NO2. The van der Waals surface area contributed by atoms with Gasteiger partial charge in [0.05, 0.1) is 13.2 Å². The SMILES string of the molecule is CC(=O)[O-].CCC1=C[NH+](C)C=C1. The molecule has 1 aliphatic rings. The van der Waals surface area contributed by atoms with E-state index in [1.807, 2.05) is 0 Å². The molecule has 1 N–H and O–H groups in total. The molecule has 3 nitrogen and oxygen atoms in total. The molecule has 1 atom stereocenters. The van der Waals surface area contributed by atoms with E-state index in [1.54, 1.807) is 0 Å². The van der Waals surface area contributed by atoms with E-state index in [-0.39, 0.29) is 0 Å². The summed E-state index contributed by atoms with van der Waals surface area (Å²) in [5.74, 6) is -1.08. The van der Waals surface area contributed by atoms with Crippen LogP contribution in [0.2, 0.25) is 0 Å². The second-order valence-corrected chi connectivity index (χ2v) is 2.64. The third-order valence-electron chi connectivity index (χ3n) is 1.38. The van der Waals surface area contributed by atoms with Gasteiger partial charge in [0, 0.05) is 17.6 Å². The number of carboxylic acid groups (broad SMARTS) is 1. The Morgan fingerprint density at radius 3 is 2.33 bits per heavy atom. The largest absolute Gasteiger partial charge is 0.550 e. The van der Waals surface area contributed by atoms with E-state index >= 15 is 0 Å². The standard InChI is InChI=1S/C7H11N.C2H4O2/c1-3-7-4-5-8(2)6-7;1-2(3)4/h4-6H,3H2,1-2H3;1H3,(H,3,4). The second-order valence-electron chi connectivity index (χ2n) is 2.64. The number of aliphatic carboxylic acids is 1. The first-order valence-corrected chi connectivity index (χ1v) is 3.96. The fraction of sp³-hybridized carbons (Fsp3) is 0.444. The van der Waals surface area contributed by atoms with E-state index in [0.29, 0.717) is 0 Å². The van der Waals surface area contributed by atoms with Crippen LogP contribution in [0.1, 0.15) is 20.3 Å². The summed E-state index contributed by atoms with van der Waals surface area (Å²) in [4.78, 5) is 10.3. The summed E-state index contributed by atoms with van der Waals surface area (Å²) < 4.78 is 0. The highest BCUT2D eigenvalue weighted by molar-refractivity contribution is 5.60. The van der Waals surface area contributed by atoms with Crippen molar-refractivity contribution in [2.75, 3.05) is 7.05 Å². The number of carbonyl (C=O) groups is 1. The van der Waals surface area contributed by atoms with Crippen molar-refractivity contribution in [2.24, 2.45) is 0 Å². The first-order valence-electron chi connectivity index (χ1n) is 3.96. The number of carbonyl (C=O) groups excluding carboxylic acids is 1. The molecule has 0 aromatic carbocycles. The molecule has 68 valence electrons. The van der Waals surface area contributed by atoms with Crippen molar-refractivity contribution < 1.29 is 14.8 Å². The van der Waals surface area contributed by atoms with Crippen LogP contribution in [-0.4, -0.2) is 13.0 Å². The Morgan fingerprint density at radius 2 is 2.17 bits per heavy atom. The summed E-state index contributed by atoms with van der Waals surface area (Å²) in [6.07, 6.45) is 7.71. The van der Waals surface area contributed by atoms with Gasteiger partial charge in [-0.3, -0.25) is 4.90 Å². The third kappa shape index (κ3) is 5.68. The lowest BCUT2D eigenvalue weighted by atomic mass is 10.2. The number of hydrogen-bond acceptors (Lipinski definition) is 2. The molecule has 1 rings (SSSR count). The summed E-state index contributed by atoms with van der Waals surface area (Å²) in [6.45, 7) is 3.15. The first-order chi connectivity index (χ1) is 5.56. The maximum atomic E-state index is 8.89. The molecule has 0 aromatic heterocycles. The van der Waals surface area contributed by atoms with Gasteiger partial charge in [-0.1, -0.05) is 6.92 Å². The Morgan fingerprint density at radius 1 is 1.67 bits per heavy atom. The normalized spacial score (nSPS) is 19.6. The zero-order valence-electron chi connectivity index (χ0n) is 7.76. The molecule has 12 heavy (non-hydrogen) atoms. The average Bonchev–Trinajstić information content (AvgIpc) is 2.34. The minimum Gasteiger partial charge on any atom is -0.550 e. The van der Waals surface area contributed by atoms with Crippen molar-refractivity contribution in [3.8, 4) is 0 Å². The number of nitrogens with one attached hydrogen (secondary N) is 1. The van der Waals surface area contributed by atoms with Crippen LogP contribution in [0, 0.1) is 0 Å². The lowest BCUT2D eigenvalue weighted by Gasteiger charge is -1.91. The van der Waals surface area contributed by atoms with Crippen LogP contribution in [0.15, 0.2) is 24.0 Å². The molecular weight excluding hydrogens is 154 g/mol. The molecule has 0 saturated heterocycles. The van der Waals surface area contributed by atoms with Gasteiger partial charge in [0.15, 0.2) is 0 Å². The smallest absolute Gasteiger partial charge is 0.102 e. The fourth-order valence-corrected chi connectivity index (χ4v) is 0.847. The van der Waals surface area contributed by atoms with Gasteiger partial charge in [-0.25, -0.2) is 0 Å². The van der Waals surface area contributed by atoms with Gasteiger partial charge in [0.2, 0.25) is 0 Å². The van der Waals surface area contributed by atoms with Crippen LogP contribution in [-0.2, 0) is 4.79 Å². The van der Waals surface area contributed by atoms with E-state index in [0.717, 1.165) is 13.3 Å². The number of quaternary nitrogens is 1. The Labute approximate surface area is 73.0 Å². The van der Waals surface area contributed by atoms with Crippen molar-refractivity contribution in [3.05, 3.63) is 24.0 Å². The summed E-state index contributed by atoms with van der Waals surface area (Å²) in [5, 5.41) is 8.89. The van der Waals surface area contributed by atoms with Crippen LogP contribution >= 0.6 is 0 Å². The van der Waals surface area contributed by atoms with E-state index in [2.05, 4.69) is 32.4 Å². The first kappa shape index (κ1) is 10.9. The Balaban J connectivity index is 0.000000261. The number of hydrogen-bond donors (Lipinski definition) is 1. The molecule has 0 aliphatic carbocycles. The van der Waals surface area contributed by atoms with E-state index in [1.165, 1.54) is 10.5 Å². The highest BCUT2D eigenvalue weighted by Gasteiger charge is 2.01. The highest BCUT2D eigenvalue weighted by Crippen LogP contribution is 2.00. The zero-order valence-corrected chi connectivity index (χ0v) is 7.76. The molecule has 1 heterocycles. The van der Waals surface area contributed by atoms with Gasteiger partial charge >= 0.3 is 0 Å². The minimum absolute atomic E-state index is 0.972. The zero-order chi connectivity index (χ0) is 9.56. The van der Waals surface area contributed by atoms with E-state index in [4.69, 9.17) is 9.90 Å². The molecule has 3 heteroatoms. The predicted molar refractivity (Wildman–Crippen MR) is 45.1 cm³/mol. The van der Waals surface area contributed by atoms with Gasteiger partial charge < -0.3 is 9.90 Å². The molecule has 0 amide bonds. The Bertz CT molecular complexity index is 203. The van der Waals surface area contributed by atoms with Crippen LogP contribution < -0.4 is 10.0 Å². The highest BCUT2D eigenvalue weighted by atomic mass is 16.4. The van der Waals surface area contributed by atoms with Crippen LogP contribution in [0.25, 0.3) is 0 Å². The Kier molecular flexibility index (Phi) is 5.04. The van der Waals surface area contributed by atoms with Crippen LogP contribution in [0.3, 0.4) is 0 Å². The predicted octanol–water partition coefficient (Wildman–Crippen LogP) is -0.921. The number of rotatable bonds is 1. The van der Waals surface area contributed by atoms with Crippen molar-refractivity contribution >= 4 is 5.97 Å².